The molecule has 0 radical (unpaired) electrons. The summed E-state index contributed by atoms with van der Waals surface area (Å²) in [5, 5.41) is 3.28. The number of carbonyl (C=O) groups excluding carboxylic acids is 4. The molecule has 0 fully saturated rings. The van der Waals surface area contributed by atoms with Crippen molar-refractivity contribution in [2.75, 3.05) is 31.0 Å². The smallest absolute Gasteiger partial charge is 0.341 e. The van der Waals surface area contributed by atoms with E-state index in [-0.39, 0.29) is 28.8 Å². The molecule has 4 rings (SSSR count). The van der Waals surface area contributed by atoms with E-state index in [1.165, 1.54) is 48.3 Å². The maximum absolute atomic E-state index is 13.7. The van der Waals surface area contributed by atoms with E-state index in [1.807, 2.05) is 0 Å². The Balaban J connectivity index is 1.43. The number of nitrogens with zero attached hydrogens (tertiary/aromatic N) is 2. The second-order valence-electron chi connectivity index (χ2n) is 8.75. The summed E-state index contributed by atoms with van der Waals surface area (Å²) in [4.78, 5) is 54.9. The van der Waals surface area contributed by atoms with E-state index < -0.39 is 23.7 Å². The van der Waals surface area contributed by atoms with Crippen LogP contribution in [-0.2, 0) is 43.2 Å². The highest BCUT2D eigenvalue weighted by molar-refractivity contribution is 8.00. The van der Waals surface area contributed by atoms with Gasteiger partial charge in [0.25, 0.3) is 5.91 Å². The molecule has 0 saturated heterocycles. The molecule has 0 bridgehead atoms. The predicted octanol–water partition coefficient (Wildman–Crippen LogP) is 3.79. The lowest BCUT2D eigenvalue weighted by molar-refractivity contribution is -0.141. The van der Waals surface area contributed by atoms with Crippen LogP contribution < -0.4 is 10.1 Å². The number of halogens is 1. The number of fused-ring (bicyclic) bond motifs is 2. The summed E-state index contributed by atoms with van der Waals surface area (Å²) >= 11 is 3.55. The number of esters is 2. The van der Waals surface area contributed by atoms with Crippen LogP contribution in [0.15, 0.2) is 23.2 Å². The average Bonchev–Trinajstić information content (AvgIpc) is 3.39. The van der Waals surface area contributed by atoms with Gasteiger partial charge in [0.1, 0.15) is 17.4 Å². The number of methoxy groups -OCH3 is 2. The van der Waals surface area contributed by atoms with E-state index in [0.29, 0.717) is 26.7 Å². The minimum absolute atomic E-state index is 0.0272. The molecule has 0 spiro atoms. The molecule has 1 atom stereocenters. The zero-order valence-electron chi connectivity index (χ0n) is 21.0. The largest absolute Gasteiger partial charge is 0.468 e. The van der Waals surface area contributed by atoms with Gasteiger partial charge in [-0.25, -0.2) is 9.18 Å². The van der Waals surface area contributed by atoms with Gasteiger partial charge < -0.3 is 19.4 Å². The Morgan fingerprint density at radius 1 is 1.18 bits per heavy atom. The van der Waals surface area contributed by atoms with Crippen LogP contribution in [0, 0.1) is 11.7 Å². The number of benzene rings is 1. The number of ether oxygens (including phenoxy) is 2. The van der Waals surface area contributed by atoms with Crippen molar-refractivity contribution < 1.29 is 33.0 Å². The molecule has 1 aliphatic rings. The van der Waals surface area contributed by atoms with Gasteiger partial charge in [-0.05, 0) is 48.9 Å². The van der Waals surface area contributed by atoms with Crippen LogP contribution in [0.25, 0.3) is 10.2 Å². The van der Waals surface area contributed by atoms with Crippen LogP contribution in [0.2, 0.25) is 0 Å². The van der Waals surface area contributed by atoms with Crippen molar-refractivity contribution in [2.24, 2.45) is 10.9 Å². The van der Waals surface area contributed by atoms with Gasteiger partial charge in [-0.15, -0.1) is 23.1 Å². The van der Waals surface area contributed by atoms with Crippen molar-refractivity contribution in [3.8, 4) is 0 Å². The first kappa shape index (κ1) is 28.0. The quantitative estimate of drug-likeness (QED) is 0.404. The number of hydrogen-bond donors (Lipinski definition) is 1. The highest BCUT2D eigenvalue weighted by Crippen LogP contribution is 2.40. The first-order valence-electron chi connectivity index (χ1n) is 11.7. The molecular weight excluding hydrogens is 553 g/mol. The van der Waals surface area contributed by atoms with Gasteiger partial charge in [0.05, 0.1) is 41.5 Å². The second-order valence-corrected chi connectivity index (χ2v) is 11.9. The second kappa shape index (κ2) is 12.2. The Labute approximate surface area is 230 Å². The van der Waals surface area contributed by atoms with E-state index in [1.54, 1.807) is 0 Å². The number of nitrogens with one attached hydrogen (secondary N) is 1. The Morgan fingerprint density at radius 3 is 2.71 bits per heavy atom. The van der Waals surface area contributed by atoms with Crippen molar-refractivity contribution in [2.45, 2.75) is 32.7 Å². The SMILES string of the molecule is COC(=O)Cn1c(=NC(=O)CSCC(=O)Nc2sc3c(c2C(=O)OC)CCC(C)C3)sc2cc(F)ccc21. The highest BCUT2D eigenvalue weighted by atomic mass is 32.2. The minimum atomic E-state index is -0.537. The van der Waals surface area contributed by atoms with Crippen LogP contribution in [-0.4, -0.2) is 54.0 Å². The molecule has 0 saturated carbocycles. The Kier molecular flexibility index (Phi) is 9.00. The normalized spacial score (nSPS) is 15.3. The topological polar surface area (TPSA) is 116 Å². The fraction of sp³-hybridized carbons (Fsp3) is 0.400. The molecule has 202 valence electrons. The number of aromatic nitrogens is 1. The molecule has 2 amide bonds. The predicted molar refractivity (Wildman–Crippen MR) is 145 cm³/mol. The number of hydrogen-bond acceptors (Lipinski definition) is 9. The Bertz CT molecular complexity index is 1470. The molecule has 2 heterocycles. The number of carbonyl (C=O) groups is 4. The molecule has 1 aliphatic carbocycles. The first-order valence-corrected chi connectivity index (χ1v) is 14.5. The lowest BCUT2D eigenvalue weighted by Gasteiger charge is -2.18. The number of thiophene rings is 1. The van der Waals surface area contributed by atoms with Gasteiger partial charge in [0.2, 0.25) is 5.91 Å². The van der Waals surface area contributed by atoms with Crippen molar-refractivity contribution in [1.29, 1.82) is 0 Å². The van der Waals surface area contributed by atoms with Crippen molar-refractivity contribution >= 4 is 73.4 Å². The van der Waals surface area contributed by atoms with Gasteiger partial charge in [0.15, 0.2) is 4.80 Å². The molecule has 0 aliphatic heterocycles. The Morgan fingerprint density at radius 2 is 1.97 bits per heavy atom. The van der Waals surface area contributed by atoms with Crippen molar-refractivity contribution in [1.82, 2.24) is 4.57 Å². The Hall–Kier alpha value is -3.03. The number of thioether (sulfide) groups is 1. The van der Waals surface area contributed by atoms with Gasteiger partial charge >= 0.3 is 11.9 Å². The van der Waals surface area contributed by atoms with Crippen molar-refractivity contribution in [3.63, 3.8) is 0 Å². The summed E-state index contributed by atoms with van der Waals surface area (Å²) < 4.78 is 25.4. The van der Waals surface area contributed by atoms with Crippen LogP contribution in [0.4, 0.5) is 9.39 Å². The van der Waals surface area contributed by atoms with E-state index in [9.17, 15) is 23.6 Å². The third-order valence-corrected chi connectivity index (χ3v) is 9.12. The van der Waals surface area contributed by atoms with Crippen LogP contribution in [0.3, 0.4) is 0 Å². The van der Waals surface area contributed by atoms with E-state index >= 15 is 0 Å². The van der Waals surface area contributed by atoms with E-state index in [0.717, 1.165) is 52.8 Å². The minimum Gasteiger partial charge on any atom is -0.468 e. The molecule has 1 aromatic carbocycles. The number of rotatable bonds is 8. The fourth-order valence-corrected chi connectivity index (χ4v) is 7.25. The van der Waals surface area contributed by atoms with Crippen molar-refractivity contribution in [3.05, 3.63) is 44.8 Å². The van der Waals surface area contributed by atoms with Gasteiger partial charge in [-0.2, -0.15) is 4.99 Å². The average molecular weight is 580 g/mol. The van der Waals surface area contributed by atoms with Crippen LogP contribution in [0.1, 0.15) is 34.1 Å². The zero-order valence-corrected chi connectivity index (χ0v) is 23.4. The maximum atomic E-state index is 13.7. The summed E-state index contributed by atoms with van der Waals surface area (Å²) in [5.41, 5.74) is 1.91. The van der Waals surface area contributed by atoms with E-state index in [4.69, 9.17) is 9.47 Å². The summed E-state index contributed by atoms with van der Waals surface area (Å²) in [6.45, 7) is 1.97. The molecule has 9 nitrogen and oxygen atoms in total. The first-order chi connectivity index (χ1) is 18.2. The third kappa shape index (κ3) is 6.33. The zero-order chi connectivity index (χ0) is 27.4. The third-order valence-electron chi connectivity index (χ3n) is 5.99. The summed E-state index contributed by atoms with van der Waals surface area (Å²) in [6.07, 6.45) is 2.58. The fourth-order valence-electron chi connectivity index (χ4n) is 4.17. The van der Waals surface area contributed by atoms with Gasteiger partial charge in [0, 0.05) is 4.88 Å². The van der Waals surface area contributed by atoms with Crippen LogP contribution >= 0.6 is 34.4 Å². The molecule has 1 unspecified atom stereocenters. The number of anilines is 1. The maximum Gasteiger partial charge on any atom is 0.341 e. The number of thiazole rings is 1. The molecule has 2 aromatic heterocycles. The summed E-state index contributed by atoms with van der Waals surface area (Å²) in [7, 11) is 2.57. The molecule has 3 aromatic rings. The lowest BCUT2D eigenvalue weighted by Crippen LogP contribution is -2.23. The van der Waals surface area contributed by atoms with Gasteiger partial charge in [-0.1, -0.05) is 18.3 Å². The van der Waals surface area contributed by atoms with Crippen LogP contribution in [0.5, 0.6) is 0 Å². The van der Waals surface area contributed by atoms with E-state index in [2.05, 4.69) is 17.2 Å². The lowest BCUT2D eigenvalue weighted by atomic mass is 9.88. The molecular formula is C25H26FN3O6S3. The monoisotopic (exact) mass is 579 g/mol. The van der Waals surface area contributed by atoms with Gasteiger partial charge in [-0.3, -0.25) is 14.4 Å². The number of amides is 2. The summed E-state index contributed by atoms with van der Waals surface area (Å²) in [5.74, 6) is -1.92. The molecule has 38 heavy (non-hydrogen) atoms. The standard InChI is InChI=1S/C25H26FN3O6S3/c1-13-4-6-15-17(8-13)37-23(22(15)24(33)35-3)27-19(30)11-36-12-20(31)28-25-29(10-21(32)34-2)16-7-5-14(26)9-18(16)38-25/h5,7,9,13H,4,6,8,10-12H2,1-3H3,(H,27,30). The molecule has 1 N–H and O–H groups in total. The highest BCUT2D eigenvalue weighted by Gasteiger charge is 2.28. The molecule has 13 heteroatoms. The summed E-state index contributed by atoms with van der Waals surface area (Å²) in [6, 6.07) is 4.08.